The standard InChI is InChI=1S/C17H18N2O4/c1-23-15-7-3-6-14(9-15)19-17(22)10-16(21)18-13-5-2-4-12(8-13)11-20/h2-9,20H,10-11H2,1H3,(H,18,21)(H,19,22). The lowest BCUT2D eigenvalue weighted by atomic mass is 10.2. The van der Waals surface area contributed by atoms with Crippen molar-refractivity contribution in [2.24, 2.45) is 0 Å². The molecule has 2 rings (SSSR count). The third-order valence-electron chi connectivity index (χ3n) is 3.07. The van der Waals surface area contributed by atoms with Crippen LogP contribution in [0.5, 0.6) is 5.75 Å². The predicted molar refractivity (Wildman–Crippen MR) is 87.2 cm³/mol. The summed E-state index contributed by atoms with van der Waals surface area (Å²) in [6.45, 7) is -0.111. The van der Waals surface area contributed by atoms with Gasteiger partial charge in [0.25, 0.3) is 0 Å². The zero-order valence-electron chi connectivity index (χ0n) is 12.7. The van der Waals surface area contributed by atoms with E-state index in [2.05, 4.69) is 10.6 Å². The second kappa shape index (κ2) is 7.95. The number of aliphatic hydroxyl groups is 1. The number of ether oxygens (including phenoxy) is 1. The minimum absolute atomic E-state index is 0.111. The number of carbonyl (C=O) groups excluding carboxylic acids is 2. The lowest BCUT2D eigenvalue weighted by molar-refractivity contribution is -0.123. The highest BCUT2D eigenvalue weighted by atomic mass is 16.5. The molecule has 2 aromatic carbocycles. The van der Waals surface area contributed by atoms with E-state index in [1.165, 1.54) is 7.11 Å². The molecule has 0 saturated heterocycles. The van der Waals surface area contributed by atoms with Gasteiger partial charge in [-0.1, -0.05) is 18.2 Å². The molecule has 0 aliphatic heterocycles. The van der Waals surface area contributed by atoms with Crippen molar-refractivity contribution >= 4 is 23.2 Å². The Hall–Kier alpha value is -2.86. The first-order valence-corrected chi connectivity index (χ1v) is 7.04. The number of nitrogens with one attached hydrogen (secondary N) is 2. The van der Waals surface area contributed by atoms with Gasteiger partial charge in [-0.15, -0.1) is 0 Å². The number of hydrogen-bond acceptors (Lipinski definition) is 4. The third-order valence-corrected chi connectivity index (χ3v) is 3.07. The van der Waals surface area contributed by atoms with Crippen molar-refractivity contribution in [3.05, 3.63) is 54.1 Å². The third kappa shape index (κ3) is 5.12. The van der Waals surface area contributed by atoms with Crippen LogP contribution in [0.1, 0.15) is 12.0 Å². The Labute approximate surface area is 134 Å². The van der Waals surface area contributed by atoms with Gasteiger partial charge in [-0.2, -0.15) is 0 Å². The lowest BCUT2D eigenvalue weighted by Crippen LogP contribution is -2.21. The van der Waals surface area contributed by atoms with Crippen LogP contribution in [0.3, 0.4) is 0 Å². The first kappa shape index (κ1) is 16.5. The van der Waals surface area contributed by atoms with Crippen molar-refractivity contribution in [1.29, 1.82) is 0 Å². The summed E-state index contributed by atoms with van der Waals surface area (Å²) in [5.41, 5.74) is 1.78. The Morgan fingerprint density at radius 2 is 1.61 bits per heavy atom. The predicted octanol–water partition coefficient (Wildman–Crippen LogP) is 2.15. The number of benzene rings is 2. The molecule has 0 aliphatic rings. The molecule has 0 radical (unpaired) electrons. The Balaban J connectivity index is 1.90. The van der Waals surface area contributed by atoms with Crippen molar-refractivity contribution in [3.8, 4) is 5.75 Å². The van der Waals surface area contributed by atoms with E-state index in [4.69, 9.17) is 9.84 Å². The van der Waals surface area contributed by atoms with Crippen molar-refractivity contribution in [3.63, 3.8) is 0 Å². The van der Waals surface area contributed by atoms with Crippen LogP contribution in [-0.2, 0) is 16.2 Å². The van der Waals surface area contributed by atoms with Gasteiger partial charge in [0.1, 0.15) is 12.2 Å². The summed E-state index contributed by atoms with van der Waals surface area (Å²) in [6, 6.07) is 13.7. The zero-order chi connectivity index (χ0) is 16.7. The molecule has 0 fully saturated rings. The van der Waals surface area contributed by atoms with Crippen LogP contribution in [0.25, 0.3) is 0 Å². The van der Waals surface area contributed by atoms with Crippen LogP contribution >= 0.6 is 0 Å². The molecule has 0 atom stereocenters. The Morgan fingerprint density at radius 3 is 2.22 bits per heavy atom. The first-order valence-electron chi connectivity index (χ1n) is 7.04. The number of rotatable bonds is 6. The summed E-state index contributed by atoms with van der Waals surface area (Å²) in [5.74, 6) is -0.234. The molecule has 6 heteroatoms. The number of methoxy groups -OCH3 is 1. The van der Waals surface area contributed by atoms with E-state index < -0.39 is 11.8 Å². The average molecular weight is 314 g/mol. The van der Waals surface area contributed by atoms with Crippen molar-refractivity contribution in [2.45, 2.75) is 13.0 Å². The summed E-state index contributed by atoms with van der Waals surface area (Å²) in [4.78, 5) is 23.8. The molecule has 0 unspecified atom stereocenters. The van der Waals surface area contributed by atoms with E-state index in [-0.39, 0.29) is 13.0 Å². The summed E-state index contributed by atoms with van der Waals surface area (Å²) < 4.78 is 5.07. The Bertz CT molecular complexity index is 641. The molecule has 2 amide bonds. The summed E-state index contributed by atoms with van der Waals surface area (Å²) in [5, 5.41) is 14.3. The number of aliphatic hydroxyl groups excluding tert-OH is 1. The molecule has 0 aromatic heterocycles. The van der Waals surface area contributed by atoms with Crippen LogP contribution in [0.15, 0.2) is 48.5 Å². The van der Waals surface area contributed by atoms with E-state index in [1.807, 2.05) is 0 Å². The van der Waals surface area contributed by atoms with Gasteiger partial charge < -0.3 is 20.5 Å². The van der Waals surface area contributed by atoms with Crippen molar-refractivity contribution in [1.82, 2.24) is 0 Å². The number of carbonyl (C=O) groups is 2. The highest BCUT2D eigenvalue weighted by Crippen LogP contribution is 2.17. The first-order chi connectivity index (χ1) is 11.1. The molecule has 23 heavy (non-hydrogen) atoms. The smallest absolute Gasteiger partial charge is 0.233 e. The molecule has 120 valence electrons. The minimum atomic E-state index is -0.430. The number of anilines is 2. The van der Waals surface area contributed by atoms with E-state index in [0.29, 0.717) is 22.7 Å². The minimum Gasteiger partial charge on any atom is -0.497 e. The Kier molecular flexibility index (Phi) is 5.71. The monoisotopic (exact) mass is 314 g/mol. The largest absolute Gasteiger partial charge is 0.497 e. The van der Waals surface area contributed by atoms with Crippen molar-refractivity contribution < 1.29 is 19.4 Å². The maximum atomic E-state index is 11.9. The maximum Gasteiger partial charge on any atom is 0.233 e. The second-order valence-electron chi connectivity index (χ2n) is 4.86. The molecule has 0 bridgehead atoms. The van der Waals surface area contributed by atoms with Gasteiger partial charge in [0.05, 0.1) is 13.7 Å². The van der Waals surface area contributed by atoms with Gasteiger partial charge in [-0.25, -0.2) is 0 Å². The zero-order valence-corrected chi connectivity index (χ0v) is 12.7. The highest BCUT2D eigenvalue weighted by Gasteiger charge is 2.10. The molecule has 6 nitrogen and oxygen atoms in total. The van der Waals surface area contributed by atoms with Crippen LogP contribution < -0.4 is 15.4 Å². The SMILES string of the molecule is COc1cccc(NC(=O)CC(=O)Nc2cccc(CO)c2)c1. The molecule has 2 aromatic rings. The van der Waals surface area contributed by atoms with Gasteiger partial charge in [0.15, 0.2) is 0 Å². The highest BCUT2D eigenvalue weighted by molar-refractivity contribution is 6.08. The van der Waals surface area contributed by atoms with E-state index >= 15 is 0 Å². The summed E-state index contributed by atoms with van der Waals surface area (Å²) in [7, 11) is 1.54. The van der Waals surface area contributed by atoms with E-state index in [0.717, 1.165) is 0 Å². The van der Waals surface area contributed by atoms with Crippen LogP contribution in [0.4, 0.5) is 11.4 Å². The summed E-state index contributed by atoms with van der Waals surface area (Å²) in [6.07, 6.45) is -0.305. The van der Waals surface area contributed by atoms with Gasteiger partial charge in [-0.05, 0) is 29.8 Å². The molecule has 0 heterocycles. The van der Waals surface area contributed by atoms with E-state index in [1.54, 1.807) is 48.5 Å². The molecule has 3 N–H and O–H groups in total. The van der Waals surface area contributed by atoms with Gasteiger partial charge in [0, 0.05) is 17.4 Å². The van der Waals surface area contributed by atoms with Crippen LogP contribution in [0.2, 0.25) is 0 Å². The quantitative estimate of drug-likeness (QED) is 0.713. The normalized spacial score (nSPS) is 10.0. The summed E-state index contributed by atoms with van der Waals surface area (Å²) >= 11 is 0. The van der Waals surface area contributed by atoms with Crippen LogP contribution in [-0.4, -0.2) is 24.0 Å². The molecule has 0 spiro atoms. The number of amides is 2. The fourth-order valence-electron chi connectivity index (χ4n) is 2.00. The molecule has 0 aliphatic carbocycles. The topological polar surface area (TPSA) is 87.7 Å². The Morgan fingerprint density at radius 1 is 1.00 bits per heavy atom. The second-order valence-corrected chi connectivity index (χ2v) is 4.86. The lowest BCUT2D eigenvalue weighted by Gasteiger charge is -2.08. The molecular weight excluding hydrogens is 296 g/mol. The van der Waals surface area contributed by atoms with Gasteiger partial charge in [0.2, 0.25) is 11.8 Å². The fourth-order valence-corrected chi connectivity index (χ4v) is 2.00. The van der Waals surface area contributed by atoms with Gasteiger partial charge >= 0.3 is 0 Å². The van der Waals surface area contributed by atoms with Crippen molar-refractivity contribution in [2.75, 3.05) is 17.7 Å². The number of hydrogen-bond donors (Lipinski definition) is 3. The van der Waals surface area contributed by atoms with E-state index in [9.17, 15) is 9.59 Å². The maximum absolute atomic E-state index is 11.9. The van der Waals surface area contributed by atoms with Crippen LogP contribution in [0, 0.1) is 0 Å². The molecule has 0 saturated carbocycles. The average Bonchev–Trinajstić information content (AvgIpc) is 2.54. The van der Waals surface area contributed by atoms with Gasteiger partial charge in [-0.3, -0.25) is 9.59 Å². The fraction of sp³-hybridized carbons (Fsp3) is 0.176. The molecular formula is C17H18N2O4.